The molecule has 2 rings (SSSR count). The Labute approximate surface area is 131 Å². The zero-order chi connectivity index (χ0) is 14.5. The minimum Gasteiger partial charge on any atom is -0.374 e. The van der Waals surface area contributed by atoms with Crippen molar-refractivity contribution >= 4 is 33.2 Å². The number of aryl methyl sites for hydroxylation is 1. The second-order valence-electron chi connectivity index (χ2n) is 4.36. The van der Waals surface area contributed by atoms with Gasteiger partial charge in [-0.3, -0.25) is 4.79 Å². The summed E-state index contributed by atoms with van der Waals surface area (Å²) in [7, 11) is 1.66. The Hall–Kier alpha value is -1.17. The monoisotopic (exact) mass is 353 g/mol. The van der Waals surface area contributed by atoms with Gasteiger partial charge in [0.15, 0.2) is 0 Å². The van der Waals surface area contributed by atoms with E-state index in [2.05, 4.69) is 34.2 Å². The highest BCUT2D eigenvalue weighted by atomic mass is 79.9. The molecule has 2 aromatic rings. The molecule has 0 saturated carbocycles. The van der Waals surface area contributed by atoms with Gasteiger partial charge in [-0.1, -0.05) is 12.1 Å². The number of halogens is 1. The molecule has 0 fully saturated rings. The van der Waals surface area contributed by atoms with Crippen LogP contribution in [-0.4, -0.2) is 19.6 Å². The first kappa shape index (κ1) is 15.2. The smallest absolute Gasteiger partial charge is 0.252 e. The Kier molecular flexibility index (Phi) is 5.34. The molecule has 1 aromatic heterocycles. The summed E-state index contributed by atoms with van der Waals surface area (Å²) in [5.74, 6) is -0.104. The highest BCUT2D eigenvalue weighted by Crippen LogP contribution is 2.24. The van der Waals surface area contributed by atoms with E-state index in [-0.39, 0.29) is 12.0 Å². The lowest BCUT2D eigenvalue weighted by Crippen LogP contribution is -2.29. The number of amides is 1. The van der Waals surface area contributed by atoms with E-state index >= 15 is 0 Å². The van der Waals surface area contributed by atoms with Crippen molar-refractivity contribution in [3.05, 3.63) is 56.2 Å². The number of rotatable bonds is 5. The van der Waals surface area contributed by atoms with Crippen LogP contribution in [0, 0.1) is 6.92 Å². The Morgan fingerprint density at radius 1 is 1.35 bits per heavy atom. The van der Waals surface area contributed by atoms with Crippen molar-refractivity contribution in [1.29, 1.82) is 0 Å². The summed E-state index contributed by atoms with van der Waals surface area (Å²) < 4.78 is 6.24. The standard InChI is InChI=1S/C15H16BrNO2S/c1-10-7-8-14(20-10)13(19-2)9-17-15(18)11-5-3-4-6-12(11)16/h3-8,13H,9H2,1-2H3,(H,17,18). The van der Waals surface area contributed by atoms with Gasteiger partial charge in [0, 0.05) is 27.9 Å². The topological polar surface area (TPSA) is 38.3 Å². The van der Waals surface area contributed by atoms with Crippen LogP contribution in [0.4, 0.5) is 0 Å². The molecule has 1 heterocycles. The number of carbonyl (C=O) groups excluding carboxylic acids is 1. The van der Waals surface area contributed by atoms with Gasteiger partial charge in [-0.2, -0.15) is 0 Å². The van der Waals surface area contributed by atoms with Crippen molar-refractivity contribution in [2.75, 3.05) is 13.7 Å². The molecule has 1 amide bonds. The molecule has 1 unspecified atom stereocenters. The number of ether oxygens (including phenoxy) is 1. The van der Waals surface area contributed by atoms with Gasteiger partial charge in [0.2, 0.25) is 0 Å². The van der Waals surface area contributed by atoms with Crippen molar-refractivity contribution in [2.45, 2.75) is 13.0 Å². The van der Waals surface area contributed by atoms with Crippen molar-refractivity contribution in [1.82, 2.24) is 5.32 Å². The molecule has 0 radical (unpaired) electrons. The maximum absolute atomic E-state index is 12.1. The fraction of sp³-hybridized carbons (Fsp3) is 0.267. The molecule has 0 spiro atoms. The highest BCUT2D eigenvalue weighted by Gasteiger charge is 2.15. The Balaban J connectivity index is 2.00. The van der Waals surface area contributed by atoms with Crippen LogP contribution in [0.2, 0.25) is 0 Å². The third kappa shape index (κ3) is 3.69. The highest BCUT2D eigenvalue weighted by molar-refractivity contribution is 9.10. The zero-order valence-electron chi connectivity index (χ0n) is 11.4. The molecule has 106 valence electrons. The molecule has 1 aromatic carbocycles. The van der Waals surface area contributed by atoms with Gasteiger partial charge in [-0.25, -0.2) is 0 Å². The molecule has 5 heteroatoms. The maximum Gasteiger partial charge on any atom is 0.252 e. The first-order valence-electron chi connectivity index (χ1n) is 6.23. The van der Waals surface area contributed by atoms with E-state index in [4.69, 9.17) is 4.74 Å². The van der Waals surface area contributed by atoms with E-state index < -0.39 is 0 Å². The molecule has 1 N–H and O–H groups in total. The lowest BCUT2D eigenvalue weighted by atomic mass is 10.2. The summed E-state index contributed by atoms with van der Waals surface area (Å²) in [6.45, 7) is 2.51. The average Bonchev–Trinajstić information content (AvgIpc) is 2.86. The molecule has 0 saturated heterocycles. The summed E-state index contributed by atoms with van der Waals surface area (Å²) >= 11 is 5.06. The number of benzene rings is 1. The van der Waals surface area contributed by atoms with Crippen LogP contribution in [0.25, 0.3) is 0 Å². The zero-order valence-corrected chi connectivity index (χ0v) is 13.8. The van der Waals surface area contributed by atoms with Gasteiger partial charge in [-0.15, -0.1) is 11.3 Å². The number of nitrogens with one attached hydrogen (secondary N) is 1. The summed E-state index contributed by atoms with van der Waals surface area (Å²) in [5, 5.41) is 2.91. The van der Waals surface area contributed by atoms with Crippen LogP contribution >= 0.6 is 27.3 Å². The van der Waals surface area contributed by atoms with Crippen LogP contribution < -0.4 is 5.32 Å². The molecule has 0 aliphatic carbocycles. The van der Waals surface area contributed by atoms with E-state index in [1.165, 1.54) is 4.88 Å². The molecule has 3 nitrogen and oxygen atoms in total. The van der Waals surface area contributed by atoms with Crippen molar-refractivity contribution in [3.63, 3.8) is 0 Å². The molecule has 20 heavy (non-hydrogen) atoms. The van der Waals surface area contributed by atoms with E-state index in [1.807, 2.05) is 24.3 Å². The second-order valence-corrected chi connectivity index (χ2v) is 6.54. The molecule has 0 aliphatic heterocycles. The summed E-state index contributed by atoms with van der Waals surface area (Å²) in [4.78, 5) is 14.5. The van der Waals surface area contributed by atoms with Crippen LogP contribution in [0.5, 0.6) is 0 Å². The minimum atomic E-state index is -0.111. The molecular formula is C15H16BrNO2S. The molecule has 1 atom stereocenters. The number of thiophene rings is 1. The van der Waals surface area contributed by atoms with E-state index in [1.54, 1.807) is 24.5 Å². The quantitative estimate of drug-likeness (QED) is 0.883. The largest absolute Gasteiger partial charge is 0.374 e. The van der Waals surface area contributed by atoms with Crippen molar-refractivity contribution < 1.29 is 9.53 Å². The van der Waals surface area contributed by atoms with Crippen LogP contribution in [-0.2, 0) is 4.74 Å². The Bertz CT molecular complexity index is 597. The summed E-state index contributed by atoms with van der Waals surface area (Å²) in [6, 6.07) is 11.5. The average molecular weight is 354 g/mol. The van der Waals surface area contributed by atoms with Gasteiger partial charge in [0.05, 0.1) is 5.56 Å². The fourth-order valence-corrected chi connectivity index (χ4v) is 3.27. The first-order chi connectivity index (χ1) is 9.61. The van der Waals surface area contributed by atoms with Gasteiger partial charge < -0.3 is 10.1 Å². The van der Waals surface area contributed by atoms with Crippen molar-refractivity contribution in [3.8, 4) is 0 Å². The summed E-state index contributed by atoms with van der Waals surface area (Å²) in [5.41, 5.74) is 0.629. The SMILES string of the molecule is COC(CNC(=O)c1ccccc1Br)c1ccc(C)s1. The van der Waals surface area contributed by atoms with E-state index in [0.717, 1.165) is 9.35 Å². The Morgan fingerprint density at radius 2 is 2.10 bits per heavy atom. The summed E-state index contributed by atoms with van der Waals surface area (Å²) in [6.07, 6.45) is -0.111. The third-order valence-electron chi connectivity index (χ3n) is 2.93. The third-order valence-corrected chi connectivity index (χ3v) is 4.71. The molecule has 0 aliphatic rings. The van der Waals surface area contributed by atoms with E-state index in [0.29, 0.717) is 12.1 Å². The van der Waals surface area contributed by atoms with Gasteiger partial charge in [-0.05, 0) is 47.1 Å². The van der Waals surface area contributed by atoms with Gasteiger partial charge in [0.1, 0.15) is 6.10 Å². The van der Waals surface area contributed by atoms with Gasteiger partial charge >= 0.3 is 0 Å². The first-order valence-corrected chi connectivity index (χ1v) is 7.84. The predicted molar refractivity (Wildman–Crippen MR) is 85.3 cm³/mol. The number of hydrogen-bond acceptors (Lipinski definition) is 3. The second kappa shape index (κ2) is 7.02. The molecule has 0 bridgehead atoms. The van der Waals surface area contributed by atoms with E-state index in [9.17, 15) is 4.79 Å². The minimum absolute atomic E-state index is 0.104. The molecular weight excluding hydrogens is 338 g/mol. The number of methoxy groups -OCH3 is 1. The van der Waals surface area contributed by atoms with Crippen LogP contribution in [0.15, 0.2) is 40.9 Å². The predicted octanol–water partition coefficient (Wildman–Crippen LogP) is 3.94. The van der Waals surface area contributed by atoms with Crippen LogP contribution in [0.1, 0.15) is 26.2 Å². The lowest BCUT2D eigenvalue weighted by Gasteiger charge is -2.15. The van der Waals surface area contributed by atoms with Crippen molar-refractivity contribution in [2.24, 2.45) is 0 Å². The lowest BCUT2D eigenvalue weighted by molar-refractivity contribution is 0.0837. The normalized spacial score (nSPS) is 12.2. The van der Waals surface area contributed by atoms with Crippen LogP contribution in [0.3, 0.4) is 0 Å². The number of carbonyl (C=O) groups is 1. The number of hydrogen-bond donors (Lipinski definition) is 1. The fourth-order valence-electron chi connectivity index (χ4n) is 1.85. The Morgan fingerprint density at radius 3 is 2.70 bits per heavy atom. The maximum atomic E-state index is 12.1. The van der Waals surface area contributed by atoms with Gasteiger partial charge in [0.25, 0.3) is 5.91 Å².